The third kappa shape index (κ3) is 4.29. The van der Waals surface area contributed by atoms with Crippen molar-refractivity contribution in [3.05, 3.63) is 58.9 Å². The van der Waals surface area contributed by atoms with Gasteiger partial charge < -0.3 is 10.1 Å². The predicted molar refractivity (Wildman–Crippen MR) is 107 cm³/mol. The van der Waals surface area contributed by atoms with Gasteiger partial charge in [-0.05, 0) is 37.4 Å². The zero-order chi connectivity index (χ0) is 19.2. The minimum absolute atomic E-state index is 0.223. The van der Waals surface area contributed by atoms with Crippen LogP contribution in [0.5, 0.6) is 0 Å². The van der Waals surface area contributed by atoms with E-state index in [1.165, 1.54) is 6.20 Å². The molecule has 0 aliphatic heterocycles. The molecule has 2 aromatic heterocycles. The van der Waals surface area contributed by atoms with Gasteiger partial charge in [-0.2, -0.15) is 5.10 Å². The average Bonchev–Trinajstić information content (AvgIpc) is 3.13. The molecule has 1 aromatic carbocycles. The maximum absolute atomic E-state index is 12.8. The third-order valence-electron chi connectivity index (χ3n) is 3.79. The molecule has 3 aromatic rings. The number of thioether (sulfide) groups is 1. The monoisotopic (exact) mass is 379 g/mol. The lowest BCUT2D eigenvalue weighted by Crippen LogP contribution is -2.14. The van der Waals surface area contributed by atoms with Crippen LogP contribution in [0.3, 0.4) is 0 Å². The Kier molecular flexibility index (Phi) is 5.77. The van der Waals surface area contributed by atoms with E-state index in [1.54, 1.807) is 24.4 Å². The Morgan fingerprint density at radius 2 is 2.22 bits per heavy atom. The van der Waals surface area contributed by atoms with E-state index in [0.717, 1.165) is 34.5 Å². The lowest BCUT2D eigenvalue weighted by atomic mass is 10.1. The van der Waals surface area contributed by atoms with E-state index >= 15 is 0 Å². The Bertz CT molecular complexity index is 1040. The van der Waals surface area contributed by atoms with Crippen molar-refractivity contribution < 1.29 is 9.59 Å². The van der Waals surface area contributed by atoms with Crippen LogP contribution < -0.4 is 5.32 Å². The average molecular weight is 379 g/mol. The van der Waals surface area contributed by atoms with E-state index < -0.39 is 0 Å². The van der Waals surface area contributed by atoms with Gasteiger partial charge in [0.1, 0.15) is 11.3 Å². The quantitative estimate of drug-likeness (QED) is 0.284. The number of aldehydes is 1. The van der Waals surface area contributed by atoms with Crippen molar-refractivity contribution in [1.82, 2.24) is 15.2 Å². The van der Waals surface area contributed by atoms with Gasteiger partial charge in [-0.15, -0.1) is 0 Å². The molecule has 0 aliphatic rings. The van der Waals surface area contributed by atoms with Crippen molar-refractivity contribution in [1.29, 1.82) is 0 Å². The number of aliphatic imine (C=N–C) groups is 1. The second-order valence-corrected chi connectivity index (χ2v) is 6.72. The van der Waals surface area contributed by atoms with E-state index in [2.05, 4.69) is 32.2 Å². The Hall–Kier alpha value is -3.26. The highest BCUT2D eigenvalue weighted by Gasteiger charge is 2.16. The van der Waals surface area contributed by atoms with E-state index in [4.69, 9.17) is 0 Å². The second kappa shape index (κ2) is 8.41. The molecule has 0 aliphatic carbocycles. The number of nitrogens with zero attached hydrogens (tertiary/aromatic N) is 3. The van der Waals surface area contributed by atoms with E-state index in [0.29, 0.717) is 21.3 Å². The summed E-state index contributed by atoms with van der Waals surface area (Å²) in [5.74, 6) is -0.327. The molecule has 0 spiro atoms. The molecule has 8 heteroatoms. The van der Waals surface area contributed by atoms with Crippen molar-refractivity contribution in [2.75, 3.05) is 5.32 Å². The van der Waals surface area contributed by atoms with Crippen LogP contribution in [0, 0.1) is 6.92 Å². The Balaban J connectivity index is 1.85. The maximum Gasteiger partial charge on any atom is 0.264 e. The van der Waals surface area contributed by atoms with Gasteiger partial charge in [-0.1, -0.05) is 23.9 Å². The van der Waals surface area contributed by atoms with Gasteiger partial charge in [-0.3, -0.25) is 14.9 Å². The predicted octanol–water partition coefficient (Wildman–Crippen LogP) is 3.28. The number of hydrogen-bond donors (Lipinski definition) is 2. The van der Waals surface area contributed by atoms with Crippen LogP contribution in [-0.4, -0.2) is 34.1 Å². The minimum Gasteiger partial charge on any atom is -0.321 e. The number of hydrogen-bond acceptors (Lipinski definition) is 6. The smallest absolute Gasteiger partial charge is 0.264 e. The molecule has 0 atom stereocenters. The van der Waals surface area contributed by atoms with Gasteiger partial charge in [0, 0.05) is 23.7 Å². The molecule has 7 nitrogen and oxygen atoms in total. The lowest BCUT2D eigenvalue weighted by Gasteiger charge is -2.11. The van der Waals surface area contributed by atoms with Crippen LogP contribution >= 0.6 is 11.8 Å². The molecule has 0 fully saturated rings. The first-order valence-corrected chi connectivity index (χ1v) is 8.91. The summed E-state index contributed by atoms with van der Waals surface area (Å²) in [4.78, 5) is 32.0. The molecule has 0 bridgehead atoms. The van der Waals surface area contributed by atoms with Gasteiger partial charge in [0.05, 0.1) is 22.3 Å². The molecule has 1 amide bonds. The van der Waals surface area contributed by atoms with Gasteiger partial charge in [0.25, 0.3) is 5.91 Å². The number of pyridine rings is 1. The number of carbonyl (C=O) groups is 2. The van der Waals surface area contributed by atoms with Crippen molar-refractivity contribution >= 4 is 47.3 Å². The zero-order valence-electron chi connectivity index (χ0n) is 14.6. The normalized spacial score (nSPS) is 11.4. The number of carbonyl (C=O) groups excluding carboxylic acids is 2. The standard InChI is InChI=1S/C19H17N5O2S/c1-12-6-7-15-14(10-21-24-15)18(12)23-19(26)16(11-20-2)27-17-5-3-4-13(22-17)8-9-25/h3-7,9-11H,2,8H2,1H3,(H,21,24)(H,23,26)/b16-11-. The fourth-order valence-electron chi connectivity index (χ4n) is 2.51. The second-order valence-electron chi connectivity index (χ2n) is 5.66. The molecular formula is C19H17N5O2S. The highest BCUT2D eigenvalue weighted by molar-refractivity contribution is 8.04. The van der Waals surface area contributed by atoms with Crippen LogP contribution in [0.2, 0.25) is 0 Å². The van der Waals surface area contributed by atoms with E-state index in [1.807, 2.05) is 19.1 Å². The summed E-state index contributed by atoms with van der Waals surface area (Å²) in [6, 6.07) is 9.14. The number of anilines is 1. The summed E-state index contributed by atoms with van der Waals surface area (Å²) in [5.41, 5.74) is 3.07. The number of fused-ring (bicyclic) bond motifs is 1. The fourth-order valence-corrected chi connectivity index (χ4v) is 3.31. The Labute approximate surface area is 160 Å². The molecule has 0 radical (unpaired) electrons. The largest absolute Gasteiger partial charge is 0.321 e. The minimum atomic E-state index is -0.327. The number of amides is 1. The van der Waals surface area contributed by atoms with E-state index in [9.17, 15) is 9.59 Å². The first-order chi connectivity index (χ1) is 13.1. The highest BCUT2D eigenvalue weighted by Crippen LogP contribution is 2.30. The molecule has 0 saturated carbocycles. The topological polar surface area (TPSA) is 100 Å². The molecule has 3 rings (SSSR count). The number of aryl methyl sites for hydroxylation is 1. The first-order valence-electron chi connectivity index (χ1n) is 8.10. The Morgan fingerprint density at radius 1 is 1.37 bits per heavy atom. The lowest BCUT2D eigenvalue weighted by molar-refractivity contribution is -0.112. The number of aromatic nitrogens is 3. The van der Waals surface area contributed by atoms with Crippen LogP contribution in [0.1, 0.15) is 11.3 Å². The number of rotatable bonds is 7. The van der Waals surface area contributed by atoms with Gasteiger partial charge in [0.2, 0.25) is 0 Å². The summed E-state index contributed by atoms with van der Waals surface area (Å²) in [6.07, 6.45) is 4.07. The fraction of sp³-hybridized carbons (Fsp3) is 0.105. The zero-order valence-corrected chi connectivity index (χ0v) is 15.4. The molecule has 136 valence electrons. The van der Waals surface area contributed by atoms with E-state index in [-0.39, 0.29) is 12.3 Å². The molecule has 0 saturated heterocycles. The summed E-state index contributed by atoms with van der Waals surface area (Å²) in [5, 5.41) is 11.3. The molecule has 2 N–H and O–H groups in total. The number of aromatic amines is 1. The van der Waals surface area contributed by atoms with Crippen LogP contribution in [0.25, 0.3) is 10.9 Å². The van der Waals surface area contributed by atoms with Crippen LogP contribution in [0.4, 0.5) is 5.69 Å². The SMILES string of the molecule is C=N/C=C(\Sc1cccc(CC=O)n1)C(=O)Nc1c(C)ccc2[nH]ncc12. The van der Waals surface area contributed by atoms with Crippen molar-refractivity contribution in [2.24, 2.45) is 4.99 Å². The number of nitrogens with one attached hydrogen (secondary N) is 2. The molecule has 27 heavy (non-hydrogen) atoms. The molecule has 0 unspecified atom stereocenters. The number of H-pyrrole nitrogens is 1. The van der Waals surface area contributed by atoms with Crippen molar-refractivity contribution in [3.8, 4) is 0 Å². The number of benzene rings is 1. The summed E-state index contributed by atoms with van der Waals surface area (Å²) >= 11 is 1.16. The van der Waals surface area contributed by atoms with Crippen molar-refractivity contribution in [2.45, 2.75) is 18.4 Å². The highest BCUT2D eigenvalue weighted by atomic mass is 32.2. The van der Waals surface area contributed by atoms with Gasteiger partial charge >= 0.3 is 0 Å². The van der Waals surface area contributed by atoms with Gasteiger partial charge in [0.15, 0.2) is 0 Å². The first kappa shape index (κ1) is 18.5. The Morgan fingerprint density at radius 3 is 3.00 bits per heavy atom. The van der Waals surface area contributed by atoms with Crippen LogP contribution in [0.15, 0.2) is 57.7 Å². The summed E-state index contributed by atoms with van der Waals surface area (Å²) < 4.78 is 0. The van der Waals surface area contributed by atoms with Crippen LogP contribution in [-0.2, 0) is 16.0 Å². The summed E-state index contributed by atoms with van der Waals surface area (Å²) in [6.45, 7) is 5.35. The molecule has 2 heterocycles. The summed E-state index contributed by atoms with van der Waals surface area (Å²) in [7, 11) is 0. The van der Waals surface area contributed by atoms with Crippen molar-refractivity contribution in [3.63, 3.8) is 0 Å². The third-order valence-corrected chi connectivity index (χ3v) is 4.74. The maximum atomic E-state index is 12.8. The molecular weight excluding hydrogens is 362 g/mol. The van der Waals surface area contributed by atoms with Gasteiger partial charge in [-0.25, -0.2) is 4.98 Å².